The monoisotopic (exact) mass is 405 g/mol. The van der Waals surface area contributed by atoms with Crippen LogP contribution in [0.5, 0.6) is 5.88 Å². The third-order valence-electron chi connectivity index (χ3n) is 5.16. The number of rotatable bonds is 7. The fraction of sp³-hybridized carbons (Fsp3) is 0.304. The molecule has 4 rings (SSSR count). The lowest BCUT2D eigenvalue weighted by Gasteiger charge is -2.29. The van der Waals surface area contributed by atoms with E-state index in [0.717, 1.165) is 36.3 Å². The summed E-state index contributed by atoms with van der Waals surface area (Å²) in [6.07, 6.45) is 0. The molecule has 1 fully saturated rings. The van der Waals surface area contributed by atoms with E-state index in [0.29, 0.717) is 37.1 Å². The quantitative estimate of drug-likeness (QED) is 0.272. The van der Waals surface area contributed by atoms with Gasteiger partial charge in [0, 0.05) is 37.0 Å². The van der Waals surface area contributed by atoms with Gasteiger partial charge in [-0.1, -0.05) is 36.4 Å². The Kier molecular flexibility index (Phi) is 6.41. The van der Waals surface area contributed by atoms with Gasteiger partial charge in [0.25, 0.3) is 0 Å². The number of morpholine rings is 1. The lowest BCUT2D eigenvalue weighted by Crippen LogP contribution is -2.36. The van der Waals surface area contributed by atoms with Crippen LogP contribution < -0.4 is 20.8 Å². The molecular weight excluding hydrogens is 378 g/mol. The third-order valence-corrected chi connectivity index (χ3v) is 5.16. The van der Waals surface area contributed by atoms with E-state index in [1.54, 1.807) is 0 Å². The van der Waals surface area contributed by atoms with Crippen molar-refractivity contribution < 1.29 is 9.47 Å². The number of benzene rings is 2. The van der Waals surface area contributed by atoms with Gasteiger partial charge in [-0.05, 0) is 30.0 Å². The van der Waals surface area contributed by atoms with Crippen LogP contribution in [-0.4, -0.2) is 57.2 Å². The van der Waals surface area contributed by atoms with Crippen molar-refractivity contribution in [3.05, 3.63) is 65.9 Å². The zero-order valence-electron chi connectivity index (χ0n) is 17.2. The number of anilines is 1. The first-order valence-electron chi connectivity index (χ1n) is 10.2. The van der Waals surface area contributed by atoms with Crippen LogP contribution in [0.15, 0.2) is 59.7 Å². The van der Waals surface area contributed by atoms with Crippen molar-refractivity contribution in [2.24, 2.45) is 10.9 Å². The Morgan fingerprint density at radius 3 is 2.70 bits per heavy atom. The molecule has 0 atom stereocenters. The second-order valence-corrected chi connectivity index (χ2v) is 7.14. The maximum absolute atomic E-state index is 5.89. The van der Waals surface area contributed by atoms with Gasteiger partial charge in [0.05, 0.1) is 18.9 Å². The Bertz CT molecular complexity index is 1030. The average Bonchev–Trinajstić information content (AvgIpc) is 2.80. The standard InChI is InChI=1S/C23H27N5O2/c1-25-8-11-30-22-16-20(28-9-12-29-13-10-28)15-21(26-22)23(27-24)19-7-6-17-4-2-3-5-18(17)14-19/h2-7,14-16,25H,8-13,24H2,1H3/b27-23-. The Morgan fingerprint density at radius 2 is 1.93 bits per heavy atom. The molecule has 30 heavy (non-hydrogen) atoms. The Balaban J connectivity index is 1.72. The minimum atomic E-state index is 0.528. The van der Waals surface area contributed by atoms with E-state index >= 15 is 0 Å². The summed E-state index contributed by atoms with van der Waals surface area (Å²) in [5, 5.41) is 9.49. The van der Waals surface area contributed by atoms with Crippen LogP contribution >= 0.6 is 0 Å². The van der Waals surface area contributed by atoms with E-state index in [-0.39, 0.29) is 0 Å². The van der Waals surface area contributed by atoms with Gasteiger partial charge in [0.2, 0.25) is 5.88 Å². The molecule has 1 aliphatic heterocycles. The first kappa shape index (κ1) is 20.1. The lowest BCUT2D eigenvalue weighted by atomic mass is 10.0. The van der Waals surface area contributed by atoms with Gasteiger partial charge in [-0.2, -0.15) is 5.10 Å². The second-order valence-electron chi connectivity index (χ2n) is 7.14. The van der Waals surface area contributed by atoms with Crippen LogP contribution in [0.3, 0.4) is 0 Å². The molecule has 0 radical (unpaired) electrons. The average molecular weight is 406 g/mol. The molecule has 0 unspecified atom stereocenters. The van der Waals surface area contributed by atoms with Crippen molar-refractivity contribution in [3.8, 4) is 5.88 Å². The number of nitrogens with zero attached hydrogens (tertiary/aromatic N) is 3. The van der Waals surface area contributed by atoms with Crippen molar-refractivity contribution in [2.45, 2.75) is 0 Å². The van der Waals surface area contributed by atoms with E-state index < -0.39 is 0 Å². The zero-order chi connectivity index (χ0) is 20.8. The number of hydrogen-bond donors (Lipinski definition) is 2. The van der Waals surface area contributed by atoms with Crippen molar-refractivity contribution in [1.29, 1.82) is 0 Å². The van der Waals surface area contributed by atoms with Gasteiger partial charge in [0.15, 0.2) is 0 Å². The Morgan fingerprint density at radius 1 is 1.13 bits per heavy atom. The smallest absolute Gasteiger partial charge is 0.215 e. The Hall–Kier alpha value is -3.16. The second kappa shape index (κ2) is 9.56. The summed E-state index contributed by atoms with van der Waals surface area (Å²) in [6.45, 7) is 4.32. The van der Waals surface area contributed by atoms with Crippen LogP contribution in [0.4, 0.5) is 5.69 Å². The van der Waals surface area contributed by atoms with E-state index in [1.165, 1.54) is 5.39 Å². The van der Waals surface area contributed by atoms with E-state index in [2.05, 4.69) is 39.6 Å². The first-order valence-corrected chi connectivity index (χ1v) is 10.2. The summed E-state index contributed by atoms with van der Waals surface area (Å²) in [7, 11) is 1.89. The molecule has 0 spiro atoms. The molecule has 1 aromatic heterocycles. The zero-order valence-corrected chi connectivity index (χ0v) is 17.2. The number of likely N-dealkylation sites (N-methyl/N-ethyl adjacent to an activating group) is 1. The highest BCUT2D eigenvalue weighted by molar-refractivity contribution is 6.13. The van der Waals surface area contributed by atoms with Gasteiger partial charge in [-0.3, -0.25) is 0 Å². The van der Waals surface area contributed by atoms with E-state index in [1.807, 2.05) is 37.4 Å². The van der Waals surface area contributed by atoms with E-state index in [4.69, 9.17) is 20.3 Å². The number of hydrogen-bond acceptors (Lipinski definition) is 7. The van der Waals surface area contributed by atoms with Crippen molar-refractivity contribution in [1.82, 2.24) is 10.3 Å². The number of nitrogens with one attached hydrogen (secondary N) is 1. The number of fused-ring (bicyclic) bond motifs is 1. The Labute approximate surface area is 176 Å². The molecule has 1 saturated heterocycles. The summed E-state index contributed by atoms with van der Waals surface area (Å²) in [6, 6.07) is 18.4. The molecular formula is C23H27N5O2. The first-order chi connectivity index (χ1) is 14.8. The third kappa shape index (κ3) is 4.53. The number of nitrogens with two attached hydrogens (primary N) is 1. The molecule has 3 aromatic rings. The normalized spacial score (nSPS) is 14.8. The predicted octanol–water partition coefficient (Wildman–Crippen LogP) is 2.38. The minimum Gasteiger partial charge on any atom is -0.476 e. The summed E-state index contributed by atoms with van der Waals surface area (Å²) in [4.78, 5) is 6.98. The molecule has 7 heteroatoms. The maximum Gasteiger partial charge on any atom is 0.215 e. The van der Waals surface area contributed by atoms with Crippen LogP contribution in [0, 0.1) is 0 Å². The van der Waals surface area contributed by atoms with Crippen molar-refractivity contribution in [2.75, 3.05) is 51.4 Å². The maximum atomic E-state index is 5.89. The molecule has 2 aromatic carbocycles. The highest BCUT2D eigenvalue weighted by atomic mass is 16.5. The minimum absolute atomic E-state index is 0.528. The molecule has 1 aliphatic rings. The van der Waals surface area contributed by atoms with Gasteiger partial charge >= 0.3 is 0 Å². The van der Waals surface area contributed by atoms with Crippen LogP contribution in [0.25, 0.3) is 10.8 Å². The van der Waals surface area contributed by atoms with E-state index in [9.17, 15) is 0 Å². The molecule has 0 bridgehead atoms. The number of pyridine rings is 1. The van der Waals surface area contributed by atoms with Crippen LogP contribution in [0.2, 0.25) is 0 Å². The van der Waals surface area contributed by atoms with Gasteiger partial charge < -0.3 is 25.5 Å². The van der Waals surface area contributed by atoms with Crippen LogP contribution in [0.1, 0.15) is 11.3 Å². The van der Waals surface area contributed by atoms with Gasteiger partial charge in [-0.15, -0.1) is 0 Å². The topological polar surface area (TPSA) is 85.0 Å². The SMILES string of the molecule is CNCCOc1cc(N2CCOCC2)cc(/C(=N\N)c2ccc3ccccc3c2)n1. The fourth-order valence-corrected chi connectivity index (χ4v) is 3.57. The van der Waals surface area contributed by atoms with Gasteiger partial charge in [0.1, 0.15) is 12.3 Å². The van der Waals surface area contributed by atoms with Crippen molar-refractivity contribution >= 4 is 22.2 Å². The largest absolute Gasteiger partial charge is 0.476 e. The molecule has 0 aliphatic carbocycles. The molecule has 3 N–H and O–H groups in total. The molecule has 7 nitrogen and oxygen atoms in total. The summed E-state index contributed by atoms with van der Waals surface area (Å²) >= 11 is 0. The number of hydrazone groups is 1. The molecule has 2 heterocycles. The van der Waals surface area contributed by atoms with Gasteiger partial charge in [-0.25, -0.2) is 4.98 Å². The molecule has 156 valence electrons. The molecule has 0 amide bonds. The van der Waals surface area contributed by atoms with Crippen LogP contribution in [-0.2, 0) is 4.74 Å². The predicted molar refractivity (Wildman–Crippen MR) is 120 cm³/mol. The molecule has 0 saturated carbocycles. The number of aromatic nitrogens is 1. The number of ether oxygens (including phenoxy) is 2. The highest BCUT2D eigenvalue weighted by Crippen LogP contribution is 2.25. The summed E-state index contributed by atoms with van der Waals surface area (Å²) < 4.78 is 11.4. The lowest BCUT2D eigenvalue weighted by molar-refractivity contribution is 0.122. The van der Waals surface area contributed by atoms with Crippen molar-refractivity contribution in [3.63, 3.8) is 0 Å². The summed E-state index contributed by atoms with van der Waals surface area (Å²) in [5.74, 6) is 6.41. The summed E-state index contributed by atoms with van der Waals surface area (Å²) in [5.41, 5.74) is 3.28. The highest BCUT2D eigenvalue weighted by Gasteiger charge is 2.17. The fourth-order valence-electron chi connectivity index (χ4n) is 3.57.